The molecule has 3 unspecified atom stereocenters. The van der Waals surface area contributed by atoms with Gasteiger partial charge in [-0.05, 0) is 26.3 Å². The molecule has 2 N–H and O–H groups in total. The molecule has 16 heavy (non-hydrogen) atoms. The molecule has 4 nitrogen and oxygen atoms in total. The Morgan fingerprint density at radius 3 is 2.94 bits per heavy atom. The van der Waals surface area contributed by atoms with E-state index in [0.717, 1.165) is 13.1 Å². The Morgan fingerprint density at radius 1 is 1.50 bits per heavy atom. The SMILES string of the molecule is CC(CN)C(=O)N1CC2CCCN2CC1C. The lowest BCUT2D eigenvalue weighted by atomic mass is 10.0. The van der Waals surface area contributed by atoms with E-state index >= 15 is 0 Å². The van der Waals surface area contributed by atoms with Crippen LogP contribution in [0.4, 0.5) is 0 Å². The fourth-order valence-corrected chi connectivity index (χ4v) is 2.88. The standard InChI is InChI=1S/C12H23N3O/c1-9(6-13)12(16)15-8-11-4-3-5-14(11)7-10(15)2/h9-11H,3-8,13H2,1-2H3. The smallest absolute Gasteiger partial charge is 0.227 e. The second-order valence-corrected chi connectivity index (χ2v) is 5.27. The summed E-state index contributed by atoms with van der Waals surface area (Å²) < 4.78 is 0. The molecule has 0 aromatic heterocycles. The Bertz CT molecular complexity index is 269. The van der Waals surface area contributed by atoms with Gasteiger partial charge in [0.05, 0.1) is 0 Å². The van der Waals surface area contributed by atoms with Crippen LogP contribution in [0.1, 0.15) is 26.7 Å². The van der Waals surface area contributed by atoms with Gasteiger partial charge in [0.1, 0.15) is 0 Å². The Hall–Kier alpha value is -0.610. The Balaban J connectivity index is 2.02. The quantitative estimate of drug-likeness (QED) is 0.734. The van der Waals surface area contributed by atoms with Crippen molar-refractivity contribution in [1.29, 1.82) is 0 Å². The third-order valence-corrected chi connectivity index (χ3v) is 4.00. The summed E-state index contributed by atoms with van der Waals surface area (Å²) in [6.45, 7) is 7.68. The van der Waals surface area contributed by atoms with E-state index < -0.39 is 0 Å². The van der Waals surface area contributed by atoms with Crippen LogP contribution in [-0.2, 0) is 4.79 Å². The molecule has 2 fully saturated rings. The molecule has 2 heterocycles. The lowest BCUT2D eigenvalue weighted by Crippen LogP contribution is -2.58. The molecule has 0 aliphatic carbocycles. The molecule has 2 rings (SSSR count). The van der Waals surface area contributed by atoms with E-state index in [9.17, 15) is 4.79 Å². The molecule has 2 saturated heterocycles. The largest absolute Gasteiger partial charge is 0.337 e. The van der Waals surface area contributed by atoms with Crippen molar-refractivity contribution in [3.63, 3.8) is 0 Å². The zero-order valence-electron chi connectivity index (χ0n) is 10.4. The molecule has 2 aliphatic rings. The molecule has 0 saturated carbocycles. The van der Waals surface area contributed by atoms with Crippen molar-refractivity contribution in [2.24, 2.45) is 11.7 Å². The van der Waals surface area contributed by atoms with E-state index in [0.29, 0.717) is 18.6 Å². The molecule has 0 radical (unpaired) electrons. The molecule has 3 atom stereocenters. The number of carbonyl (C=O) groups is 1. The number of hydrogen-bond acceptors (Lipinski definition) is 3. The highest BCUT2D eigenvalue weighted by atomic mass is 16.2. The molecule has 0 aromatic rings. The molecular weight excluding hydrogens is 202 g/mol. The van der Waals surface area contributed by atoms with Crippen molar-refractivity contribution in [2.75, 3.05) is 26.2 Å². The number of nitrogens with zero attached hydrogens (tertiary/aromatic N) is 2. The molecule has 2 aliphatic heterocycles. The fourth-order valence-electron chi connectivity index (χ4n) is 2.88. The maximum atomic E-state index is 12.2. The van der Waals surface area contributed by atoms with Gasteiger partial charge in [0.25, 0.3) is 0 Å². The Kier molecular flexibility index (Phi) is 3.50. The van der Waals surface area contributed by atoms with Crippen LogP contribution in [0.15, 0.2) is 0 Å². The first-order chi connectivity index (χ1) is 7.63. The van der Waals surface area contributed by atoms with Crippen LogP contribution in [0.2, 0.25) is 0 Å². The number of carbonyl (C=O) groups excluding carboxylic acids is 1. The van der Waals surface area contributed by atoms with Gasteiger partial charge >= 0.3 is 0 Å². The fraction of sp³-hybridized carbons (Fsp3) is 0.917. The minimum Gasteiger partial charge on any atom is -0.337 e. The highest BCUT2D eigenvalue weighted by Gasteiger charge is 2.37. The lowest BCUT2D eigenvalue weighted by molar-refractivity contribution is -0.140. The molecule has 92 valence electrons. The van der Waals surface area contributed by atoms with Crippen LogP contribution >= 0.6 is 0 Å². The number of hydrogen-bond donors (Lipinski definition) is 1. The topological polar surface area (TPSA) is 49.6 Å². The van der Waals surface area contributed by atoms with Gasteiger partial charge in [-0.1, -0.05) is 6.92 Å². The van der Waals surface area contributed by atoms with Crippen LogP contribution in [0.3, 0.4) is 0 Å². The van der Waals surface area contributed by atoms with E-state index in [-0.39, 0.29) is 11.8 Å². The predicted octanol–water partition coefficient (Wildman–Crippen LogP) is 0.276. The van der Waals surface area contributed by atoms with Crippen molar-refractivity contribution in [1.82, 2.24) is 9.80 Å². The summed E-state index contributed by atoms with van der Waals surface area (Å²) in [5, 5.41) is 0. The Labute approximate surface area is 97.8 Å². The molecule has 4 heteroatoms. The monoisotopic (exact) mass is 225 g/mol. The van der Waals surface area contributed by atoms with Crippen molar-refractivity contribution < 1.29 is 4.79 Å². The summed E-state index contributed by atoms with van der Waals surface area (Å²) in [5.41, 5.74) is 5.57. The molecule has 0 bridgehead atoms. The number of nitrogens with two attached hydrogens (primary N) is 1. The summed E-state index contributed by atoms with van der Waals surface area (Å²) in [6, 6.07) is 0.945. The average molecular weight is 225 g/mol. The van der Waals surface area contributed by atoms with Crippen molar-refractivity contribution in [3.05, 3.63) is 0 Å². The first-order valence-corrected chi connectivity index (χ1v) is 6.38. The minimum absolute atomic E-state index is 0.0320. The van der Waals surface area contributed by atoms with E-state index in [2.05, 4.69) is 11.8 Å². The number of fused-ring (bicyclic) bond motifs is 1. The second-order valence-electron chi connectivity index (χ2n) is 5.27. The van der Waals surface area contributed by atoms with Crippen molar-refractivity contribution in [3.8, 4) is 0 Å². The summed E-state index contributed by atoms with van der Waals surface area (Å²) in [5.74, 6) is 0.206. The predicted molar refractivity (Wildman–Crippen MR) is 64.0 cm³/mol. The van der Waals surface area contributed by atoms with Gasteiger partial charge in [-0.15, -0.1) is 0 Å². The Morgan fingerprint density at radius 2 is 2.25 bits per heavy atom. The summed E-state index contributed by atoms with van der Waals surface area (Å²) >= 11 is 0. The van der Waals surface area contributed by atoms with E-state index in [1.807, 2.05) is 11.8 Å². The van der Waals surface area contributed by atoms with Gasteiger partial charge < -0.3 is 10.6 Å². The number of rotatable bonds is 2. The summed E-state index contributed by atoms with van der Waals surface area (Å²) in [6.07, 6.45) is 2.53. The third-order valence-electron chi connectivity index (χ3n) is 4.00. The molecule has 1 amide bonds. The van der Waals surface area contributed by atoms with Crippen LogP contribution in [0.5, 0.6) is 0 Å². The highest BCUT2D eigenvalue weighted by Crippen LogP contribution is 2.25. The van der Waals surface area contributed by atoms with Gasteiger partial charge in [0.2, 0.25) is 5.91 Å². The van der Waals surface area contributed by atoms with Crippen molar-refractivity contribution >= 4 is 5.91 Å². The van der Waals surface area contributed by atoms with E-state index in [1.165, 1.54) is 19.4 Å². The van der Waals surface area contributed by atoms with Gasteiger partial charge in [0, 0.05) is 37.6 Å². The van der Waals surface area contributed by atoms with Gasteiger partial charge in [-0.2, -0.15) is 0 Å². The average Bonchev–Trinajstić information content (AvgIpc) is 2.72. The number of amides is 1. The van der Waals surface area contributed by atoms with Gasteiger partial charge in [0.15, 0.2) is 0 Å². The lowest BCUT2D eigenvalue weighted by Gasteiger charge is -2.43. The first-order valence-electron chi connectivity index (χ1n) is 6.38. The molecular formula is C12H23N3O. The second kappa shape index (κ2) is 4.72. The zero-order valence-corrected chi connectivity index (χ0v) is 10.4. The highest BCUT2D eigenvalue weighted by molar-refractivity contribution is 5.79. The van der Waals surface area contributed by atoms with Gasteiger partial charge in [-0.3, -0.25) is 9.69 Å². The van der Waals surface area contributed by atoms with E-state index in [1.54, 1.807) is 0 Å². The maximum Gasteiger partial charge on any atom is 0.227 e. The van der Waals surface area contributed by atoms with Crippen LogP contribution in [0, 0.1) is 5.92 Å². The summed E-state index contributed by atoms with van der Waals surface area (Å²) in [7, 11) is 0. The van der Waals surface area contributed by atoms with E-state index in [4.69, 9.17) is 5.73 Å². The number of piperazine rings is 1. The molecule has 0 aromatic carbocycles. The normalized spacial score (nSPS) is 32.6. The third kappa shape index (κ3) is 2.09. The maximum absolute atomic E-state index is 12.2. The van der Waals surface area contributed by atoms with Crippen LogP contribution in [-0.4, -0.2) is 54.0 Å². The van der Waals surface area contributed by atoms with Crippen LogP contribution < -0.4 is 5.73 Å². The molecule has 0 spiro atoms. The van der Waals surface area contributed by atoms with Crippen LogP contribution in [0.25, 0.3) is 0 Å². The summed E-state index contributed by atoms with van der Waals surface area (Å²) in [4.78, 5) is 16.7. The van der Waals surface area contributed by atoms with Crippen molar-refractivity contribution in [2.45, 2.75) is 38.8 Å². The minimum atomic E-state index is -0.0320. The van der Waals surface area contributed by atoms with Gasteiger partial charge in [-0.25, -0.2) is 0 Å². The first kappa shape index (κ1) is 11.9. The zero-order chi connectivity index (χ0) is 11.7.